The minimum absolute atomic E-state index is 0.0773. The van der Waals surface area contributed by atoms with Crippen molar-refractivity contribution in [1.82, 2.24) is 0 Å². The van der Waals surface area contributed by atoms with E-state index in [1.54, 1.807) is 0 Å². The number of unbranched alkanes of at least 4 members (excludes halogenated alkanes) is 4. The molecule has 0 fully saturated rings. The van der Waals surface area contributed by atoms with Gasteiger partial charge in [-0.25, -0.2) is 0 Å². The summed E-state index contributed by atoms with van der Waals surface area (Å²) in [6.45, 7) is 0.643. The molecule has 0 saturated carbocycles. The predicted octanol–water partition coefficient (Wildman–Crippen LogP) is -1.30. The Morgan fingerprint density at radius 3 is 2.05 bits per heavy atom. The van der Waals surface area contributed by atoms with Crippen molar-refractivity contribution in [1.29, 1.82) is 0 Å². The van der Waals surface area contributed by atoms with Gasteiger partial charge in [0.15, 0.2) is 6.29 Å². The van der Waals surface area contributed by atoms with Crippen LogP contribution < -0.4 is 5.73 Å². The van der Waals surface area contributed by atoms with Crippen LogP contribution in [-0.4, -0.2) is 69.9 Å². The van der Waals surface area contributed by atoms with Gasteiger partial charge >= 0.3 is 0 Å². The van der Waals surface area contributed by atoms with Gasteiger partial charge in [0.1, 0.15) is 12.2 Å². The number of hydrogen-bond acceptors (Lipinski definition) is 7. The van der Waals surface area contributed by atoms with E-state index in [0.717, 1.165) is 32.1 Å². The summed E-state index contributed by atoms with van der Waals surface area (Å²) in [5.74, 6) is 0. The highest BCUT2D eigenvalue weighted by molar-refractivity contribution is 4.77. The molecule has 0 spiro atoms. The first kappa shape index (κ1) is 19.7. The molecule has 0 rings (SSSR count). The van der Waals surface area contributed by atoms with Crippen molar-refractivity contribution in [2.24, 2.45) is 5.73 Å². The van der Waals surface area contributed by atoms with Crippen molar-refractivity contribution in [3.8, 4) is 0 Å². The first-order valence-corrected chi connectivity index (χ1v) is 7.19. The third-order valence-electron chi connectivity index (χ3n) is 3.10. The maximum atomic E-state index is 9.58. The molecule has 7 heteroatoms. The highest BCUT2D eigenvalue weighted by Gasteiger charge is 2.30. The Morgan fingerprint density at radius 1 is 0.850 bits per heavy atom. The molecule has 122 valence electrons. The second kappa shape index (κ2) is 12.5. The molecule has 0 aromatic carbocycles. The number of rotatable bonds is 13. The number of aliphatic hydroxyl groups excluding tert-OH is 5. The molecular formula is C13H29NO6. The molecule has 0 aromatic rings. The molecule has 0 bridgehead atoms. The van der Waals surface area contributed by atoms with Crippen molar-refractivity contribution < 1.29 is 30.3 Å². The van der Waals surface area contributed by atoms with Crippen LogP contribution in [0.4, 0.5) is 0 Å². The summed E-state index contributed by atoms with van der Waals surface area (Å²) in [5, 5.41) is 46.6. The van der Waals surface area contributed by atoms with Crippen molar-refractivity contribution in [2.45, 2.75) is 63.1 Å². The summed E-state index contributed by atoms with van der Waals surface area (Å²) in [6.07, 6.45) is -1.31. The summed E-state index contributed by atoms with van der Waals surface area (Å²) < 4.78 is 5.01. The highest BCUT2D eigenvalue weighted by atomic mass is 16.6. The van der Waals surface area contributed by atoms with Crippen molar-refractivity contribution >= 4 is 0 Å². The zero-order valence-corrected chi connectivity index (χ0v) is 11.9. The highest BCUT2D eigenvalue weighted by Crippen LogP contribution is 2.10. The van der Waals surface area contributed by atoms with E-state index in [2.05, 4.69) is 0 Å². The normalized spacial score (nSPS) is 17.7. The molecule has 4 unspecified atom stereocenters. The molecule has 0 aliphatic carbocycles. The lowest BCUT2D eigenvalue weighted by molar-refractivity contribution is -0.203. The van der Waals surface area contributed by atoms with Crippen LogP contribution in [0.1, 0.15) is 38.5 Å². The van der Waals surface area contributed by atoms with E-state index in [-0.39, 0.29) is 19.6 Å². The van der Waals surface area contributed by atoms with E-state index in [9.17, 15) is 20.4 Å². The first-order chi connectivity index (χ1) is 9.54. The quantitative estimate of drug-likeness (QED) is 0.183. The van der Waals surface area contributed by atoms with Gasteiger partial charge in [-0.15, -0.1) is 0 Å². The van der Waals surface area contributed by atoms with Gasteiger partial charge in [-0.1, -0.05) is 19.3 Å². The molecule has 0 aliphatic rings. The Bertz CT molecular complexity index is 219. The molecule has 7 N–H and O–H groups in total. The van der Waals surface area contributed by atoms with Crippen LogP contribution in [0.2, 0.25) is 0 Å². The Labute approximate surface area is 120 Å². The molecule has 0 aromatic heterocycles. The zero-order valence-electron chi connectivity index (χ0n) is 11.9. The standard InChI is InChI=1S/C13H29NO6/c14-7-4-2-1-3-5-9-20-13(19)12(18)11(17)10(16)6-8-15/h10-13,15-19H,1-9,14H2. The van der Waals surface area contributed by atoms with Crippen molar-refractivity contribution in [3.63, 3.8) is 0 Å². The summed E-state index contributed by atoms with van der Waals surface area (Å²) in [7, 11) is 0. The summed E-state index contributed by atoms with van der Waals surface area (Å²) in [4.78, 5) is 0. The average Bonchev–Trinajstić information content (AvgIpc) is 2.44. The van der Waals surface area contributed by atoms with Gasteiger partial charge in [0.2, 0.25) is 0 Å². The third-order valence-corrected chi connectivity index (χ3v) is 3.10. The van der Waals surface area contributed by atoms with Crippen LogP contribution >= 0.6 is 0 Å². The number of aliphatic hydroxyl groups is 5. The fraction of sp³-hybridized carbons (Fsp3) is 1.00. The Morgan fingerprint density at radius 2 is 1.45 bits per heavy atom. The fourth-order valence-electron chi connectivity index (χ4n) is 1.78. The summed E-state index contributed by atoms with van der Waals surface area (Å²) in [6, 6.07) is 0. The van der Waals surface area contributed by atoms with Gasteiger partial charge in [0, 0.05) is 13.2 Å². The maximum absolute atomic E-state index is 9.58. The number of hydrogen-bond donors (Lipinski definition) is 6. The van der Waals surface area contributed by atoms with Gasteiger partial charge in [0.05, 0.1) is 6.10 Å². The second-order valence-corrected chi connectivity index (χ2v) is 4.88. The van der Waals surface area contributed by atoms with Crippen LogP contribution in [0, 0.1) is 0 Å². The molecule has 0 saturated heterocycles. The Balaban J connectivity index is 3.71. The Kier molecular flexibility index (Phi) is 12.3. The SMILES string of the molecule is NCCCCCCCOC(O)C(O)C(O)C(O)CCO. The molecular weight excluding hydrogens is 266 g/mol. The van der Waals surface area contributed by atoms with E-state index >= 15 is 0 Å². The van der Waals surface area contributed by atoms with E-state index in [1.165, 1.54) is 0 Å². The molecule has 20 heavy (non-hydrogen) atoms. The third kappa shape index (κ3) is 8.80. The lowest BCUT2D eigenvalue weighted by Crippen LogP contribution is -2.45. The van der Waals surface area contributed by atoms with Crippen LogP contribution in [0.5, 0.6) is 0 Å². The molecule has 4 atom stereocenters. The van der Waals surface area contributed by atoms with Crippen LogP contribution in [0.15, 0.2) is 0 Å². The number of nitrogens with two attached hydrogens (primary N) is 1. The van der Waals surface area contributed by atoms with Crippen molar-refractivity contribution in [2.75, 3.05) is 19.8 Å². The van der Waals surface area contributed by atoms with E-state index in [1.807, 2.05) is 0 Å². The maximum Gasteiger partial charge on any atom is 0.183 e. The minimum atomic E-state index is -1.60. The molecule has 0 amide bonds. The van der Waals surface area contributed by atoms with Gasteiger partial charge in [0.25, 0.3) is 0 Å². The van der Waals surface area contributed by atoms with Gasteiger partial charge < -0.3 is 36.0 Å². The molecule has 0 radical (unpaired) electrons. The first-order valence-electron chi connectivity index (χ1n) is 7.19. The molecule has 7 nitrogen and oxygen atoms in total. The van der Waals surface area contributed by atoms with Crippen LogP contribution in [0.3, 0.4) is 0 Å². The Hall–Kier alpha value is -0.280. The van der Waals surface area contributed by atoms with Crippen molar-refractivity contribution in [3.05, 3.63) is 0 Å². The minimum Gasteiger partial charge on any atom is -0.396 e. The fourth-order valence-corrected chi connectivity index (χ4v) is 1.78. The van der Waals surface area contributed by atoms with E-state index in [4.69, 9.17) is 15.6 Å². The van der Waals surface area contributed by atoms with E-state index in [0.29, 0.717) is 6.54 Å². The zero-order chi connectivity index (χ0) is 15.4. The van der Waals surface area contributed by atoms with Gasteiger partial charge in [-0.3, -0.25) is 0 Å². The van der Waals surface area contributed by atoms with Crippen LogP contribution in [-0.2, 0) is 4.74 Å². The largest absolute Gasteiger partial charge is 0.396 e. The summed E-state index contributed by atoms with van der Waals surface area (Å²) >= 11 is 0. The average molecular weight is 295 g/mol. The number of ether oxygens (including phenoxy) is 1. The summed E-state index contributed by atoms with van der Waals surface area (Å²) in [5.41, 5.74) is 5.37. The topological polar surface area (TPSA) is 136 Å². The lowest BCUT2D eigenvalue weighted by atomic mass is 10.1. The molecule has 0 heterocycles. The second-order valence-electron chi connectivity index (χ2n) is 4.88. The molecule has 0 aliphatic heterocycles. The predicted molar refractivity (Wildman–Crippen MR) is 73.8 cm³/mol. The smallest absolute Gasteiger partial charge is 0.183 e. The van der Waals surface area contributed by atoms with Crippen LogP contribution in [0.25, 0.3) is 0 Å². The lowest BCUT2D eigenvalue weighted by Gasteiger charge is -2.26. The monoisotopic (exact) mass is 295 g/mol. The van der Waals surface area contributed by atoms with Gasteiger partial charge in [-0.05, 0) is 25.8 Å². The van der Waals surface area contributed by atoms with E-state index < -0.39 is 24.6 Å². The van der Waals surface area contributed by atoms with Gasteiger partial charge in [-0.2, -0.15) is 0 Å².